The summed E-state index contributed by atoms with van der Waals surface area (Å²) in [7, 11) is 0. The summed E-state index contributed by atoms with van der Waals surface area (Å²) in [6.07, 6.45) is 3.41. The van der Waals surface area contributed by atoms with Crippen molar-refractivity contribution in [2.75, 3.05) is 0 Å². The van der Waals surface area contributed by atoms with E-state index in [1.807, 2.05) is 6.92 Å². The summed E-state index contributed by atoms with van der Waals surface area (Å²) in [5, 5.41) is 0. The Morgan fingerprint density at radius 3 is 2.71 bits per heavy atom. The van der Waals surface area contributed by atoms with Crippen LogP contribution < -0.4 is 0 Å². The molecule has 1 rings (SSSR count). The maximum atomic E-state index is 3.76. The second-order valence-corrected chi connectivity index (χ2v) is 3.10. The van der Waals surface area contributed by atoms with Crippen LogP contribution in [0.3, 0.4) is 0 Å². The third-order valence-corrected chi connectivity index (χ3v) is 1.62. The Morgan fingerprint density at radius 2 is 2.57 bits per heavy atom. The molecule has 1 aliphatic carbocycles. The predicted octanol–water partition coefficient (Wildman–Crippen LogP) is 2.54. The molecule has 0 unspecified atom stereocenters. The average molecular weight is 112 g/mol. The minimum Gasteiger partial charge on any atom is -0.0999 e. The van der Waals surface area contributed by atoms with Gasteiger partial charge in [-0.25, -0.2) is 0 Å². The van der Waals surface area contributed by atoms with Gasteiger partial charge in [-0.15, -0.1) is 0 Å². The SMILES string of the molecule is C=C(C)SC1=CC1. The van der Waals surface area contributed by atoms with Gasteiger partial charge in [-0.05, 0) is 23.2 Å². The molecule has 1 heteroatoms. The van der Waals surface area contributed by atoms with Crippen molar-refractivity contribution in [1.29, 1.82) is 0 Å². The fourth-order valence-corrected chi connectivity index (χ4v) is 1.05. The van der Waals surface area contributed by atoms with E-state index >= 15 is 0 Å². The zero-order valence-corrected chi connectivity index (χ0v) is 5.22. The summed E-state index contributed by atoms with van der Waals surface area (Å²) >= 11 is 1.79. The van der Waals surface area contributed by atoms with E-state index in [1.165, 1.54) is 16.2 Å². The minimum atomic E-state index is 1.20. The Morgan fingerprint density at radius 1 is 2.00 bits per heavy atom. The molecule has 0 heterocycles. The lowest BCUT2D eigenvalue weighted by molar-refractivity contribution is 1.66. The molecule has 0 aliphatic heterocycles. The first-order valence-corrected chi connectivity index (χ1v) is 3.13. The standard InChI is InChI=1S/C6H8S/c1-5(2)7-6-3-4-6/h3H,1,4H2,2H3. The normalized spacial score (nSPS) is 15.9. The first-order valence-electron chi connectivity index (χ1n) is 2.31. The van der Waals surface area contributed by atoms with Crippen LogP contribution in [0.2, 0.25) is 0 Å². The second kappa shape index (κ2) is 1.74. The Bertz CT molecular complexity index is 122. The summed E-state index contributed by atoms with van der Waals surface area (Å²) in [5.74, 6) is 0. The van der Waals surface area contributed by atoms with Gasteiger partial charge < -0.3 is 0 Å². The predicted molar refractivity (Wildman–Crippen MR) is 35.1 cm³/mol. The van der Waals surface area contributed by atoms with Crippen molar-refractivity contribution in [3.8, 4) is 0 Å². The fourth-order valence-electron chi connectivity index (χ4n) is 0.349. The van der Waals surface area contributed by atoms with E-state index in [0.29, 0.717) is 0 Å². The quantitative estimate of drug-likeness (QED) is 0.529. The molecular weight excluding hydrogens is 104 g/mol. The molecule has 0 N–H and O–H groups in total. The van der Waals surface area contributed by atoms with E-state index in [1.54, 1.807) is 11.8 Å². The van der Waals surface area contributed by atoms with E-state index in [2.05, 4.69) is 12.7 Å². The number of hydrogen-bond donors (Lipinski definition) is 0. The van der Waals surface area contributed by atoms with Gasteiger partial charge in [0.25, 0.3) is 0 Å². The smallest absolute Gasteiger partial charge is 0.00258 e. The molecular formula is C6H8S. The van der Waals surface area contributed by atoms with Crippen LogP contribution in [0.25, 0.3) is 0 Å². The van der Waals surface area contributed by atoms with E-state index in [9.17, 15) is 0 Å². The molecule has 1 aliphatic rings. The highest BCUT2D eigenvalue weighted by atomic mass is 32.2. The van der Waals surface area contributed by atoms with Gasteiger partial charge >= 0.3 is 0 Å². The lowest BCUT2D eigenvalue weighted by Gasteiger charge is -1.86. The van der Waals surface area contributed by atoms with Gasteiger partial charge in [-0.2, -0.15) is 0 Å². The fraction of sp³-hybridized carbons (Fsp3) is 0.333. The van der Waals surface area contributed by atoms with Gasteiger partial charge in [-0.3, -0.25) is 0 Å². The molecule has 0 aromatic rings. The number of thioether (sulfide) groups is 1. The summed E-state index contributed by atoms with van der Waals surface area (Å²) in [6.45, 7) is 5.79. The average Bonchev–Trinajstić information content (AvgIpc) is 2.17. The van der Waals surface area contributed by atoms with Crippen molar-refractivity contribution in [2.45, 2.75) is 13.3 Å². The Kier molecular flexibility index (Phi) is 1.24. The van der Waals surface area contributed by atoms with Crippen LogP contribution >= 0.6 is 11.8 Å². The van der Waals surface area contributed by atoms with Crippen LogP contribution in [0.1, 0.15) is 13.3 Å². The molecule has 7 heavy (non-hydrogen) atoms. The van der Waals surface area contributed by atoms with Crippen LogP contribution in [0.4, 0.5) is 0 Å². The molecule has 0 nitrogen and oxygen atoms in total. The first-order chi connectivity index (χ1) is 3.29. The van der Waals surface area contributed by atoms with Crippen LogP contribution in [-0.2, 0) is 0 Å². The third kappa shape index (κ3) is 1.83. The minimum absolute atomic E-state index is 1.20. The van der Waals surface area contributed by atoms with E-state index in [-0.39, 0.29) is 0 Å². The highest BCUT2D eigenvalue weighted by molar-refractivity contribution is 8.06. The number of allylic oxidation sites excluding steroid dienone is 3. The first kappa shape index (κ1) is 4.98. The Labute approximate surface area is 48.3 Å². The van der Waals surface area contributed by atoms with Gasteiger partial charge in [0, 0.05) is 0 Å². The number of hydrogen-bond acceptors (Lipinski definition) is 1. The summed E-state index contributed by atoms with van der Waals surface area (Å²) in [4.78, 5) is 2.68. The van der Waals surface area contributed by atoms with E-state index < -0.39 is 0 Å². The molecule has 38 valence electrons. The molecule has 0 saturated heterocycles. The van der Waals surface area contributed by atoms with E-state index in [4.69, 9.17) is 0 Å². The molecule has 0 spiro atoms. The van der Waals surface area contributed by atoms with Crippen molar-refractivity contribution in [2.24, 2.45) is 0 Å². The highest BCUT2D eigenvalue weighted by Crippen LogP contribution is 2.35. The highest BCUT2D eigenvalue weighted by Gasteiger charge is 2.06. The summed E-state index contributed by atoms with van der Waals surface area (Å²) in [6, 6.07) is 0. The number of rotatable bonds is 2. The zero-order valence-electron chi connectivity index (χ0n) is 4.40. The molecule has 0 bridgehead atoms. The zero-order chi connectivity index (χ0) is 5.28. The van der Waals surface area contributed by atoms with Crippen LogP contribution in [0.5, 0.6) is 0 Å². The van der Waals surface area contributed by atoms with Crippen LogP contribution in [-0.4, -0.2) is 0 Å². The van der Waals surface area contributed by atoms with Crippen molar-refractivity contribution >= 4 is 11.8 Å². The Hall–Kier alpha value is -0.170. The maximum Gasteiger partial charge on any atom is -0.00258 e. The molecule has 0 fully saturated rings. The van der Waals surface area contributed by atoms with Gasteiger partial charge in [0.15, 0.2) is 0 Å². The lowest BCUT2D eigenvalue weighted by Crippen LogP contribution is -1.53. The molecule has 0 amide bonds. The molecule has 0 radical (unpaired) electrons. The maximum absolute atomic E-state index is 3.76. The van der Waals surface area contributed by atoms with Crippen LogP contribution in [0.15, 0.2) is 22.5 Å². The molecule has 0 aromatic carbocycles. The summed E-state index contributed by atoms with van der Waals surface area (Å²) in [5.41, 5.74) is 0. The lowest BCUT2D eigenvalue weighted by atomic mass is 10.8. The van der Waals surface area contributed by atoms with Crippen molar-refractivity contribution in [1.82, 2.24) is 0 Å². The van der Waals surface area contributed by atoms with Crippen molar-refractivity contribution in [3.05, 3.63) is 22.5 Å². The topological polar surface area (TPSA) is 0 Å². The van der Waals surface area contributed by atoms with Gasteiger partial charge in [0.1, 0.15) is 0 Å². The van der Waals surface area contributed by atoms with Crippen molar-refractivity contribution in [3.63, 3.8) is 0 Å². The largest absolute Gasteiger partial charge is 0.0999 e. The van der Waals surface area contributed by atoms with Gasteiger partial charge in [-0.1, -0.05) is 24.4 Å². The third-order valence-electron chi connectivity index (χ3n) is 0.676. The second-order valence-electron chi connectivity index (χ2n) is 1.68. The Balaban J connectivity index is 2.21. The molecule has 0 aromatic heterocycles. The summed E-state index contributed by atoms with van der Waals surface area (Å²) < 4.78 is 0. The molecule has 0 saturated carbocycles. The monoisotopic (exact) mass is 112 g/mol. The van der Waals surface area contributed by atoms with Crippen molar-refractivity contribution < 1.29 is 0 Å². The van der Waals surface area contributed by atoms with E-state index in [0.717, 1.165) is 0 Å². The van der Waals surface area contributed by atoms with Gasteiger partial charge in [0.2, 0.25) is 0 Å². The van der Waals surface area contributed by atoms with Gasteiger partial charge in [0.05, 0.1) is 0 Å². The molecule has 0 atom stereocenters. The van der Waals surface area contributed by atoms with Crippen LogP contribution in [0, 0.1) is 0 Å².